The molecule has 7 rings (SSSR count). The van der Waals surface area contributed by atoms with E-state index in [9.17, 15) is 0 Å². The number of fused-ring (bicyclic) bond motifs is 6. The van der Waals surface area contributed by atoms with Crippen LogP contribution in [-0.4, -0.2) is 35.8 Å². The molecule has 5 aromatic rings. The van der Waals surface area contributed by atoms with E-state index in [2.05, 4.69) is 71.3 Å². The molecular formula is C31H29IrN2O2-. The Morgan fingerprint density at radius 1 is 0.750 bits per heavy atom. The molecule has 1 radical (unpaired) electrons. The molecule has 0 N–H and O–H groups in total. The number of imidazole rings is 1. The summed E-state index contributed by atoms with van der Waals surface area (Å²) in [4.78, 5) is 5.03. The van der Waals surface area contributed by atoms with Crippen molar-refractivity contribution in [3.8, 4) is 11.3 Å². The van der Waals surface area contributed by atoms with Gasteiger partial charge in [-0.05, 0) is 60.1 Å². The van der Waals surface area contributed by atoms with Gasteiger partial charge in [0.25, 0.3) is 0 Å². The standard InChI is InChI=1S/C31H29N2O2.Ir/c1-2-8-27-25(6-1)26-7-3-4-11-28(26)33-29(20-32-31(27)33)30-23(21-12-16-34-17-13-21)9-5-10-24(30)22-14-18-35-19-15-22;/h1-7,9-11,20-22H,12-19H2;/q-1;. The number of nitrogens with zero attached hydrogens (tertiary/aromatic N) is 2. The Hall–Kier alpha value is -2.56. The van der Waals surface area contributed by atoms with Gasteiger partial charge >= 0.3 is 0 Å². The number of rotatable bonds is 3. The topological polar surface area (TPSA) is 35.8 Å². The Kier molecular flexibility index (Phi) is 6.66. The van der Waals surface area contributed by atoms with Crippen molar-refractivity contribution in [2.45, 2.75) is 37.5 Å². The average Bonchev–Trinajstić information content (AvgIpc) is 3.39. The van der Waals surface area contributed by atoms with Crippen LogP contribution in [0.4, 0.5) is 0 Å². The van der Waals surface area contributed by atoms with Crippen LogP contribution in [0, 0.1) is 6.07 Å². The number of ether oxygens (including phenoxy) is 2. The quantitative estimate of drug-likeness (QED) is 0.157. The summed E-state index contributed by atoms with van der Waals surface area (Å²) in [6.45, 7) is 3.34. The Bertz CT molecular complexity index is 1490. The van der Waals surface area contributed by atoms with Crippen molar-refractivity contribution < 1.29 is 29.6 Å². The zero-order valence-electron chi connectivity index (χ0n) is 20.2. The summed E-state index contributed by atoms with van der Waals surface area (Å²) in [5.74, 6) is 1.00. The number of hydrogen-bond acceptors (Lipinski definition) is 3. The monoisotopic (exact) mass is 654 g/mol. The molecule has 36 heavy (non-hydrogen) atoms. The van der Waals surface area contributed by atoms with E-state index >= 15 is 0 Å². The second-order valence-electron chi connectivity index (χ2n) is 9.86. The molecule has 2 fully saturated rings. The molecule has 0 unspecified atom stereocenters. The molecule has 2 saturated heterocycles. The van der Waals surface area contributed by atoms with E-state index in [4.69, 9.17) is 14.5 Å². The number of hydrogen-bond donors (Lipinski definition) is 0. The Labute approximate surface area is 225 Å². The number of pyridine rings is 1. The minimum atomic E-state index is 0. The van der Waals surface area contributed by atoms with Crippen LogP contribution >= 0.6 is 0 Å². The van der Waals surface area contributed by atoms with Crippen LogP contribution in [-0.2, 0) is 29.6 Å². The summed E-state index contributed by atoms with van der Waals surface area (Å²) in [7, 11) is 0. The minimum Gasteiger partial charge on any atom is -0.381 e. The van der Waals surface area contributed by atoms with E-state index in [0.29, 0.717) is 11.8 Å². The van der Waals surface area contributed by atoms with Gasteiger partial charge < -0.3 is 13.9 Å². The summed E-state index contributed by atoms with van der Waals surface area (Å²) in [6, 6.07) is 25.4. The predicted octanol–water partition coefficient (Wildman–Crippen LogP) is 6.89. The van der Waals surface area contributed by atoms with Crippen molar-refractivity contribution in [3.63, 3.8) is 0 Å². The fourth-order valence-electron chi connectivity index (χ4n) is 6.27. The van der Waals surface area contributed by atoms with Gasteiger partial charge in [0.1, 0.15) is 0 Å². The van der Waals surface area contributed by atoms with Crippen LogP contribution in [0.3, 0.4) is 0 Å². The molecule has 4 nitrogen and oxygen atoms in total. The number of aromatic nitrogens is 2. The fourth-order valence-corrected chi connectivity index (χ4v) is 6.27. The maximum Gasteiger partial charge on any atom is 0.0639 e. The van der Waals surface area contributed by atoms with Gasteiger partial charge in [0.2, 0.25) is 0 Å². The first-order valence-corrected chi connectivity index (χ1v) is 12.9. The summed E-state index contributed by atoms with van der Waals surface area (Å²) in [6.07, 6.45) is 6.37. The van der Waals surface area contributed by atoms with E-state index < -0.39 is 0 Å². The largest absolute Gasteiger partial charge is 0.381 e. The van der Waals surface area contributed by atoms with Crippen molar-refractivity contribution in [3.05, 3.63) is 84.1 Å². The average molecular weight is 654 g/mol. The van der Waals surface area contributed by atoms with Crippen LogP contribution in [0.2, 0.25) is 0 Å². The Morgan fingerprint density at radius 2 is 1.39 bits per heavy atom. The molecule has 4 heterocycles. The van der Waals surface area contributed by atoms with Crippen LogP contribution in [0.1, 0.15) is 48.6 Å². The van der Waals surface area contributed by atoms with Gasteiger partial charge in [-0.15, -0.1) is 29.7 Å². The van der Waals surface area contributed by atoms with Crippen LogP contribution in [0.5, 0.6) is 0 Å². The van der Waals surface area contributed by atoms with Crippen molar-refractivity contribution in [1.29, 1.82) is 0 Å². The maximum absolute atomic E-state index is 5.74. The van der Waals surface area contributed by atoms with E-state index in [-0.39, 0.29) is 20.1 Å². The van der Waals surface area contributed by atoms with Crippen molar-refractivity contribution in [2.24, 2.45) is 0 Å². The molecule has 2 aromatic heterocycles. The third-order valence-electron chi connectivity index (χ3n) is 7.98. The second kappa shape index (κ2) is 10.1. The zero-order valence-corrected chi connectivity index (χ0v) is 22.6. The number of benzene rings is 3. The van der Waals surface area contributed by atoms with Crippen LogP contribution < -0.4 is 0 Å². The molecule has 2 aliphatic heterocycles. The van der Waals surface area contributed by atoms with Gasteiger partial charge in [-0.3, -0.25) is 4.98 Å². The molecule has 0 atom stereocenters. The second-order valence-corrected chi connectivity index (χ2v) is 9.86. The Balaban J connectivity index is 0.00000240. The maximum atomic E-state index is 5.74. The molecular weight excluding hydrogens is 625 g/mol. The molecule has 0 bridgehead atoms. The molecule has 5 heteroatoms. The predicted molar refractivity (Wildman–Crippen MR) is 140 cm³/mol. The minimum absolute atomic E-state index is 0. The molecule has 2 aliphatic rings. The summed E-state index contributed by atoms with van der Waals surface area (Å²) >= 11 is 0. The third kappa shape index (κ3) is 3.90. The first-order valence-electron chi connectivity index (χ1n) is 12.9. The summed E-state index contributed by atoms with van der Waals surface area (Å²) in [5.41, 5.74) is 7.63. The van der Waals surface area contributed by atoms with Gasteiger partial charge in [0, 0.05) is 63.8 Å². The van der Waals surface area contributed by atoms with Gasteiger partial charge in [0.05, 0.1) is 11.3 Å². The normalized spacial score (nSPS) is 17.6. The summed E-state index contributed by atoms with van der Waals surface area (Å²) in [5, 5.41) is 3.52. The fraction of sp³-hybridized carbons (Fsp3) is 0.323. The van der Waals surface area contributed by atoms with Gasteiger partial charge in [-0.25, -0.2) is 0 Å². The molecule has 0 aliphatic carbocycles. The first kappa shape index (κ1) is 23.8. The van der Waals surface area contributed by atoms with E-state index in [1.807, 2.05) is 6.07 Å². The van der Waals surface area contributed by atoms with Crippen LogP contribution in [0.25, 0.3) is 38.6 Å². The summed E-state index contributed by atoms with van der Waals surface area (Å²) < 4.78 is 13.9. The van der Waals surface area contributed by atoms with E-state index in [1.165, 1.54) is 38.7 Å². The first-order chi connectivity index (χ1) is 17.4. The van der Waals surface area contributed by atoms with Gasteiger partial charge in [0.15, 0.2) is 0 Å². The molecule has 185 valence electrons. The van der Waals surface area contributed by atoms with E-state index in [0.717, 1.165) is 63.1 Å². The zero-order chi connectivity index (χ0) is 23.2. The molecule has 0 amide bonds. The van der Waals surface area contributed by atoms with Gasteiger partial charge in [-0.2, -0.15) is 0 Å². The van der Waals surface area contributed by atoms with Crippen molar-refractivity contribution >= 4 is 27.3 Å². The molecule has 0 saturated carbocycles. The van der Waals surface area contributed by atoms with Crippen molar-refractivity contribution in [1.82, 2.24) is 9.38 Å². The van der Waals surface area contributed by atoms with Crippen LogP contribution in [0.15, 0.2) is 66.9 Å². The molecule has 0 spiro atoms. The van der Waals surface area contributed by atoms with Crippen molar-refractivity contribution in [2.75, 3.05) is 26.4 Å². The van der Waals surface area contributed by atoms with E-state index in [1.54, 1.807) is 0 Å². The number of para-hydroxylation sites is 1. The van der Waals surface area contributed by atoms with Gasteiger partial charge in [-0.1, -0.05) is 41.8 Å². The molecule has 3 aromatic carbocycles. The third-order valence-corrected chi connectivity index (χ3v) is 7.98. The SMILES string of the molecule is [Ir].[c-]1cccc2c1c1ncc(-c3c(C4CCOCC4)cccc3C3CCOCC3)n1c1ccccc21. The smallest absolute Gasteiger partial charge is 0.0639 e. The Morgan fingerprint density at radius 3 is 2.08 bits per heavy atom.